The summed E-state index contributed by atoms with van der Waals surface area (Å²) in [7, 11) is 2.07. The first-order chi connectivity index (χ1) is 12.7. The van der Waals surface area contributed by atoms with E-state index in [4.69, 9.17) is 5.10 Å². The van der Waals surface area contributed by atoms with Crippen molar-refractivity contribution in [3.63, 3.8) is 0 Å². The first kappa shape index (κ1) is 16.0. The number of hydrogen-bond donors (Lipinski definition) is 1. The second-order valence-corrected chi connectivity index (χ2v) is 7.82. The van der Waals surface area contributed by atoms with Crippen molar-refractivity contribution in [2.75, 3.05) is 31.6 Å². The predicted octanol–water partition coefficient (Wildman–Crippen LogP) is 0.791. The van der Waals surface area contributed by atoms with E-state index >= 15 is 0 Å². The lowest BCUT2D eigenvalue weighted by molar-refractivity contribution is -0.128. The highest BCUT2D eigenvalue weighted by Crippen LogP contribution is 2.35. The summed E-state index contributed by atoms with van der Waals surface area (Å²) in [4.78, 5) is 16.6. The molecule has 138 valence electrons. The minimum absolute atomic E-state index is 0.00871. The van der Waals surface area contributed by atoms with E-state index in [9.17, 15) is 4.79 Å². The second-order valence-electron chi connectivity index (χ2n) is 7.82. The van der Waals surface area contributed by atoms with E-state index in [0.717, 1.165) is 49.8 Å². The summed E-state index contributed by atoms with van der Waals surface area (Å²) in [6.07, 6.45) is 5.66. The minimum Gasteiger partial charge on any atom is -0.355 e. The lowest BCUT2D eigenvalue weighted by Crippen LogP contribution is -2.63. The smallest absolute Gasteiger partial charge is 0.237 e. The van der Waals surface area contributed by atoms with Crippen molar-refractivity contribution in [2.45, 2.75) is 50.1 Å². The van der Waals surface area contributed by atoms with E-state index in [1.807, 2.05) is 16.6 Å². The summed E-state index contributed by atoms with van der Waals surface area (Å²) in [5.41, 5.74) is 0.823. The van der Waals surface area contributed by atoms with Crippen LogP contribution in [-0.4, -0.2) is 69.4 Å². The van der Waals surface area contributed by atoms with Gasteiger partial charge in [-0.3, -0.25) is 9.69 Å². The molecule has 8 nitrogen and oxygen atoms in total. The first-order valence-corrected chi connectivity index (χ1v) is 9.67. The predicted molar refractivity (Wildman–Crippen MR) is 97.2 cm³/mol. The van der Waals surface area contributed by atoms with Crippen molar-refractivity contribution in [1.29, 1.82) is 0 Å². The molecule has 2 aliphatic heterocycles. The van der Waals surface area contributed by atoms with Crippen LogP contribution in [0.15, 0.2) is 12.1 Å². The number of fused-ring (bicyclic) bond motifs is 1. The van der Waals surface area contributed by atoms with Crippen molar-refractivity contribution >= 4 is 17.4 Å². The molecule has 26 heavy (non-hydrogen) atoms. The maximum Gasteiger partial charge on any atom is 0.237 e. The Labute approximate surface area is 152 Å². The topological polar surface area (TPSA) is 78.7 Å². The Morgan fingerprint density at radius 1 is 1.15 bits per heavy atom. The van der Waals surface area contributed by atoms with Gasteiger partial charge in [0.25, 0.3) is 0 Å². The molecule has 1 atom stereocenters. The SMILES string of the molecule is CN(C1CN(c2ccc3nnc(C4CCC4)n3n2)C1)C1CCCNC1=O. The summed E-state index contributed by atoms with van der Waals surface area (Å²) in [6.45, 7) is 2.62. The fourth-order valence-electron chi connectivity index (χ4n) is 4.18. The molecule has 1 aliphatic carbocycles. The largest absolute Gasteiger partial charge is 0.355 e. The maximum absolute atomic E-state index is 12.1. The molecule has 3 aliphatic rings. The molecular weight excluding hydrogens is 330 g/mol. The van der Waals surface area contributed by atoms with E-state index in [-0.39, 0.29) is 11.9 Å². The first-order valence-electron chi connectivity index (χ1n) is 9.67. The van der Waals surface area contributed by atoms with Crippen molar-refractivity contribution in [2.24, 2.45) is 0 Å². The van der Waals surface area contributed by atoms with Gasteiger partial charge in [-0.1, -0.05) is 6.42 Å². The summed E-state index contributed by atoms with van der Waals surface area (Å²) >= 11 is 0. The summed E-state index contributed by atoms with van der Waals surface area (Å²) in [6, 6.07) is 4.43. The van der Waals surface area contributed by atoms with Crippen LogP contribution in [0.5, 0.6) is 0 Å². The van der Waals surface area contributed by atoms with Crippen LogP contribution in [-0.2, 0) is 4.79 Å². The third kappa shape index (κ3) is 2.55. The number of anilines is 1. The average Bonchev–Trinajstić information content (AvgIpc) is 2.95. The van der Waals surface area contributed by atoms with E-state index < -0.39 is 0 Å². The highest BCUT2D eigenvalue weighted by atomic mass is 16.2. The van der Waals surface area contributed by atoms with Crippen LogP contribution in [0.3, 0.4) is 0 Å². The molecule has 0 aromatic carbocycles. The second kappa shape index (κ2) is 6.19. The fraction of sp³-hybridized carbons (Fsp3) is 0.667. The quantitative estimate of drug-likeness (QED) is 0.874. The number of nitrogens with one attached hydrogen (secondary N) is 1. The Hall–Kier alpha value is -2.22. The standard InChI is InChI=1S/C18H25N7O/c1-23(14-6-3-9-19-18(14)26)13-10-24(11-13)16-8-7-15-20-21-17(25(15)22-16)12-4-2-5-12/h7-8,12-14H,2-6,9-11H2,1H3,(H,19,26). The van der Waals surface area contributed by atoms with Crippen LogP contribution < -0.4 is 10.2 Å². The zero-order valence-electron chi connectivity index (χ0n) is 15.1. The maximum atomic E-state index is 12.1. The number of piperidine rings is 1. The molecule has 8 heteroatoms. The highest BCUT2D eigenvalue weighted by Gasteiger charge is 2.37. The number of nitrogens with zero attached hydrogens (tertiary/aromatic N) is 6. The van der Waals surface area contributed by atoms with E-state index in [0.29, 0.717) is 12.0 Å². The van der Waals surface area contributed by atoms with Crippen molar-refractivity contribution in [1.82, 2.24) is 30.0 Å². The molecule has 0 bridgehead atoms. The number of carbonyl (C=O) groups is 1. The van der Waals surface area contributed by atoms with Gasteiger partial charge in [0.1, 0.15) is 5.82 Å². The Morgan fingerprint density at radius 3 is 2.73 bits per heavy atom. The lowest BCUT2D eigenvalue weighted by Gasteiger charge is -2.47. The molecule has 1 amide bonds. The van der Waals surface area contributed by atoms with Crippen LogP contribution in [0.4, 0.5) is 5.82 Å². The average molecular weight is 355 g/mol. The summed E-state index contributed by atoms with van der Waals surface area (Å²) in [5, 5.41) is 16.4. The van der Waals surface area contributed by atoms with Crippen LogP contribution in [0, 0.1) is 0 Å². The molecule has 2 aromatic heterocycles. The molecule has 1 unspecified atom stereocenters. The third-order valence-corrected chi connectivity index (χ3v) is 6.25. The zero-order valence-corrected chi connectivity index (χ0v) is 15.1. The Morgan fingerprint density at radius 2 is 2.00 bits per heavy atom. The van der Waals surface area contributed by atoms with Gasteiger partial charge in [-0.25, -0.2) is 0 Å². The Kier molecular flexibility index (Phi) is 3.81. The molecule has 5 rings (SSSR count). The van der Waals surface area contributed by atoms with Crippen molar-refractivity contribution in [3.05, 3.63) is 18.0 Å². The minimum atomic E-state index is 0.00871. The summed E-state index contributed by atoms with van der Waals surface area (Å²) < 4.78 is 1.92. The van der Waals surface area contributed by atoms with Crippen LogP contribution >= 0.6 is 0 Å². The number of aromatic nitrogens is 4. The van der Waals surface area contributed by atoms with Gasteiger partial charge >= 0.3 is 0 Å². The van der Waals surface area contributed by atoms with Crippen LogP contribution in [0.1, 0.15) is 43.8 Å². The molecule has 4 heterocycles. The number of likely N-dealkylation sites (N-methyl/N-ethyl adjacent to an activating group) is 1. The molecular formula is C18H25N7O. The molecule has 3 fully saturated rings. The molecule has 2 aromatic rings. The van der Waals surface area contributed by atoms with Gasteiger partial charge in [-0.2, -0.15) is 4.52 Å². The van der Waals surface area contributed by atoms with E-state index in [1.54, 1.807) is 0 Å². The third-order valence-electron chi connectivity index (χ3n) is 6.25. The molecule has 1 N–H and O–H groups in total. The molecule has 0 radical (unpaired) electrons. The molecule has 1 saturated carbocycles. The normalized spacial score (nSPS) is 24.6. The van der Waals surface area contributed by atoms with Gasteiger partial charge in [0.05, 0.1) is 6.04 Å². The van der Waals surface area contributed by atoms with Gasteiger partial charge < -0.3 is 10.2 Å². The number of rotatable bonds is 4. The van der Waals surface area contributed by atoms with Gasteiger partial charge in [-0.15, -0.1) is 15.3 Å². The fourth-order valence-corrected chi connectivity index (χ4v) is 4.18. The molecule has 0 spiro atoms. The van der Waals surface area contributed by atoms with Crippen molar-refractivity contribution in [3.8, 4) is 0 Å². The number of hydrogen-bond acceptors (Lipinski definition) is 6. The van der Waals surface area contributed by atoms with Gasteiger partial charge in [0, 0.05) is 31.6 Å². The summed E-state index contributed by atoms with van der Waals surface area (Å²) in [5.74, 6) is 2.65. The Balaban J connectivity index is 1.29. The van der Waals surface area contributed by atoms with Crippen molar-refractivity contribution < 1.29 is 4.79 Å². The zero-order chi connectivity index (χ0) is 17.7. The van der Waals surface area contributed by atoms with Gasteiger partial charge in [0.15, 0.2) is 11.5 Å². The van der Waals surface area contributed by atoms with E-state index in [2.05, 4.69) is 32.4 Å². The number of amides is 1. The number of carbonyl (C=O) groups excluding carboxylic acids is 1. The monoisotopic (exact) mass is 355 g/mol. The lowest BCUT2D eigenvalue weighted by atomic mass is 9.85. The van der Waals surface area contributed by atoms with Gasteiger partial charge in [0.2, 0.25) is 5.91 Å². The highest BCUT2D eigenvalue weighted by molar-refractivity contribution is 5.82. The van der Waals surface area contributed by atoms with Gasteiger partial charge in [-0.05, 0) is 44.9 Å². The Bertz CT molecular complexity index is 824. The van der Waals surface area contributed by atoms with E-state index in [1.165, 1.54) is 19.3 Å². The van der Waals surface area contributed by atoms with Crippen LogP contribution in [0.2, 0.25) is 0 Å². The van der Waals surface area contributed by atoms with Crippen LogP contribution in [0.25, 0.3) is 5.65 Å². The molecule has 2 saturated heterocycles.